The lowest BCUT2D eigenvalue weighted by Gasteiger charge is -2.32. The van der Waals surface area contributed by atoms with Crippen molar-refractivity contribution in [2.24, 2.45) is 0 Å². The SMILES string of the molecule is CC1(C)OB(C(=Cc2cc(C(F)(F)F)ccc2N)CNC(=O)OCC2c3ccccc3-c3ccccc32)OC1(C)C. The maximum absolute atomic E-state index is 13.4. The van der Waals surface area contributed by atoms with Crippen molar-refractivity contribution in [2.75, 3.05) is 18.9 Å². The van der Waals surface area contributed by atoms with Crippen LogP contribution in [-0.4, -0.2) is 37.6 Å². The first-order valence-corrected chi connectivity index (χ1v) is 13.4. The predicted molar refractivity (Wildman–Crippen MR) is 153 cm³/mol. The van der Waals surface area contributed by atoms with Crippen LogP contribution in [0.4, 0.5) is 23.7 Å². The van der Waals surface area contributed by atoms with Crippen LogP contribution in [0.3, 0.4) is 0 Å². The highest BCUT2D eigenvalue weighted by atomic mass is 19.4. The smallest absolute Gasteiger partial charge is 0.449 e. The number of benzene rings is 3. The van der Waals surface area contributed by atoms with Crippen LogP contribution in [0, 0.1) is 0 Å². The highest BCUT2D eigenvalue weighted by Gasteiger charge is 2.52. The molecule has 5 rings (SSSR count). The minimum absolute atomic E-state index is 0.0941. The lowest BCUT2D eigenvalue weighted by atomic mass is 9.76. The van der Waals surface area contributed by atoms with Crippen molar-refractivity contribution in [1.82, 2.24) is 5.32 Å². The number of alkyl carbamates (subject to hydrolysis) is 1. The van der Waals surface area contributed by atoms with E-state index in [1.54, 1.807) is 0 Å². The van der Waals surface area contributed by atoms with Crippen molar-refractivity contribution in [3.63, 3.8) is 0 Å². The van der Waals surface area contributed by atoms with Gasteiger partial charge in [-0.15, -0.1) is 0 Å². The number of anilines is 1. The van der Waals surface area contributed by atoms with Gasteiger partial charge in [0.25, 0.3) is 0 Å². The molecule has 1 aliphatic heterocycles. The third-order valence-corrected chi connectivity index (χ3v) is 8.09. The lowest BCUT2D eigenvalue weighted by Crippen LogP contribution is -2.41. The maximum atomic E-state index is 13.4. The Kier molecular flexibility index (Phi) is 7.42. The Labute approximate surface area is 237 Å². The fourth-order valence-corrected chi connectivity index (χ4v) is 5.10. The summed E-state index contributed by atoms with van der Waals surface area (Å²) >= 11 is 0. The number of amides is 1. The summed E-state index contributed by atoms with van der Waals surface area (Å²) in [5, 5.41) is 2.72. The van der Waals surface area contributed by atoms with Crippen molar-refractivity contribution in [1.29, 1.82) is 0 Å². The van der Waals surface area contributed by atoms with Gasteiger partial charge in [-0.1, -0.05) is 54.6 Å². The quantitative estimate of drug-likeness (QED) is 0.253. The van der Waals surface area contributed by atoms with Crippen molar-refractivity contribution < 1.29 is 32.0 Å². The summed E-state index contributed by atoms with van der Waals surface area (Å²) in [7, 11) is -0.928. The molecule has 1 saturated heterocycles. The van der Waals surface area contributed by atoms with Crippen molar-refractivity contribution >= 4 is 25.0 Å². The minimum Gasteiger partial charge on any atom is -0.449 e. The number of fused-ring (bicyclic) bond motifs is 3. The van der Waals surface area contributed by atoms with Gasteiger partial charge in [-0.2, -0.15) is 13.2 Å². The summed E-state index contributed by atoms with van der Waals surface area (Å²) in [5.74, 6) is -0.115. The second kappa shape index (κ2) is 10.6. The molecule has 1 fully saturated rings. The minimum atomic E-state index is -4.54. The van der Waals surface area contributed by atoms with Gasteiger partial charge in [-0.05, 0) is 79.2 Å². The Morgan fingerprint density at radius 2 is 1.54 bits per heavy atom. The topological polar surface area (TPSA) is 82.8 Å². The van der Waals surface area contributed by atoms with E-state index in [1.807, 2.05) is 64.1 Å². The molecule has 3 aromatic carbocycles. The van der Waals surface area contributed by atoms with Crippen LogP contribution in [-0.2, 0) is 20.2 Å². The number of rotatable bonds is 6. The third-order valence-electron chi connectivity index (χ3n) is 8.09. The summed E-state index contributed by atoms with van der Waals surface area (Å²) in [4.78, 5) is 12.9. The van der Waals surface area contributed by atoms with Gasteiger partial charge < -0.3 is 25.1 Å². The maximum Gasteiger partial charge on any atom is 0.492 e. The Morgan fingerprint density at radius 1 is 0.976 bits per heavy atom. The molecule has 3 N–H and O–H groups in total. The number of carbonyl (C=O) groups excluding carboxylic acids is 1. The molecule has 0 atom stereocenters. The zero-order valence-electron chi connectivity index (χ0n) is 23.3. The van der Waals surface area contributed by atoms with Gasteiger partial charge in [0.05, 0.1) is 16.8 Å². The molecule has 1 aliphatic carbocycles. The van der Waals surface area contributed by atoms with Gasteiger partial charge in [0, 0.05) is 18.2 Å². The molecule has 0 aromatic heterocycles. The zero-order chi connectivity index (χ0) is 29.6. The number of halogens is 3. The molecule has 214 valence electrons. The number of nitrogens with two attached hydrogens (primary N) is 1. The summed E-state index contributed by atoms with van der Waals surface area (Å²) in [6.45, 7) is 7.48. The summed E-state index contributed by atoms with van der Waals surface area (Å²) in [5.41, 5.74) is 8.84. The number of ether oxygens (including phenoxy) is 1. The molecular weight excluding hydrogens is 532 g/mol. The van der Waals surface area contributed by atoms with Gasteiger partial charge in [0.1, 0.15) is 6.61 Å². The lowest BCUT2D eigenvalue weighted by molar-refractivity contribution is -0.137. The predicted octanol–water partition coefficient (Wildman–Crippen LogP) is 6.84. The van der Waals surface area contributed by atoms with Gasteiger partial charge in [0.2, 0.25) is 0 Å². The van der Waals surface area contributed by atoms with E-state index in [2.05, 4.69) is 17.4 Å². The number of nitrogens with one attached hydrogen (secondary N) is 1. The van der Waals surface area contributed by atoms with Gasteiger partial charge >= 0.3 is 19.4 Å². The molecular formula is C31H32BF3N2O4. The molecule has 0 radical (unpaired) electrons. The van der Waals surface area contributed by atoms with E-state index in [0.29, 0.717) is 5.47 Å². The molecule has 0 saturated carbocycles. The number of alkyl halides is 3. The second-order valence-electron chi connectivity index (χ2n) is 11.3. The molecule has 1 amide bonds. The molecule has 1 heterocycles. The van der Waals surface area contributed by atoms with E-state index < -0.39 is 36.2 Å². The zero-order valence-corrected chi connectivity index (χ0v) is 23.3. The Hall–Kier alpha value is -3.76. The first-order chi connectivity index (χ1) is 19.3. The standard InChI is InChI=1S/C31H32BF3N2O4/c1-29(2)30(3,4)41-32(40-29)21(16-19-15-20(31(33,34)35)13-14-27(19)36)17-37-28(38)39-18-26-24-11-7-5-9-22(24)23-10-6-8-12-25(23)26/h5-16,26H,17-18,36H2,1-4H3,(H,37,38). The van der Waals surface area contributed by atoms with Crippen LogP contribution in [0.25, 0.3) is 17.2 Å². The Morgan fingerprint density at radius 3 is 2.10 bits per heavy atom. The number of hydrogen-bond donors (Lipinski definition) is 2. The first-order valence-electron chi connectivity index (χ1n) is 13.4. The molecule has 6 nitrogen and oxygen atoms in total. The second-order valence-corrected chi connectivity index (χ2v) is 11.3. The number of hydrogen-bond acceptors (Lipinski definition) is 5. The fourth-order valence-electron chi connectivity index (χ4n) is 5.10. The summed E-state index contributed by atoms with van der Waals surface area (Å²) in [6.07, 6.45) is -3.75. The average molecular weight is 564 g/mol. The van der Waals surface area contributed by atoms with Gasteiger partial charge in [-0.3, -0.25) is 0 Å². The first kappa shape index (κ1) is 28.8. The molecule has 2 aliphatic rings. The fraction of sp³-hybridized carbons (Fsp3) is 0.323. The Bertz CT molecular complexity index is 1440. The monoisotopic (exact) mass is 564 g/mol. The van der Waals surface area contributed by atoms with Crippen LogP contribution in [0.1, 0.15) is 55.9 Å². The van der Waals surface area contributed by atoms with E-state index in [9.17, 15) is 18.0 Å². The average Bonchev–Trinajstić information content (AvgIpc) is 3.34. The van der Waals surface area contributed by atoms with E-state index in [4.69, 9.17) is 19.8 Å². The molecule has 3 aromatic rings. The van der Waals surface area contributed by atoms with E-state index >= 15 is 0 Å². The van der Waals surface area contributed by atoms with Gasteiger partial charge in [-0.25, -0.2) is 4.79 Å². The van der Waals surface area contributed by atoms with Crippen LogP contribution in [0.5, 0.6) is 0 Å². The molecule has 0 spiro atoms. The largest absolute Gasteiger partial charge is 0.492 e. The molecule has 0 unspecified atom stereocenters. The molecule has 10 heteroatoms. The third kappa shape index (κ3) is 5.71. The van der Waals surface area contributed by atoms with Crippen LogP contribution < -0.4 is 11.1 Å². The Balaban J connectivity index is 1.35. The highest BCUT2D eigenvalue weighted by molar-refractivity contribution is 6.56. The van der Waals surface area contributed by atoms with Crippen molar-refractivity contribution in [2.45, 2.75) is 51.0 Å². The number of nitrogen functional groups attached to an aromatic ring is 1. The normalized spacial score (nSPS) is 17.7. The molecule has 0 bridgehead atoms. The van der Waals surface area contributed by atoms with E-state index in [1.165, 1.54) is 12.1 Å². The molecule has 41 heavy (non-hydrogen) atoms. The highest BCUT2D eigenvalue weighted by Crippen LogP contribution is 2.44. The van der Waals surface area contributed by atoms with Crippen molar-refractivity contribution in [3.8, 4) is 11.1 Å². The number of carbonyl (C=O) groups is 1. The summed E-state index contributed by atoms with van der Waals surface area (Å²) in [6, 6.07) is 19.1. The van der Waals surface area contributed by atoms with Crippen LogP contribution in [0.15, 0.2) is 72.2 Å². The van der Waals surface area contributed by atoms with E-state index in [-0.39, 0.29) is 30.3 Å². The van der Waals surface area contributed by atoms with Crippen LogP contribution in [0.2, 0.25) is 0 Å². The van der Waals surface area contributed by atoms with Gasteiger partial charge in [0.15, 0.2) is 0 Å². The summed E-state index contributed by atoms with van der Waals surface area (Å²) < 4.78 is 58.2. The van der Waals surface area contributed by atoms with E-state index in [0.717, 1.165) is 34.4 Å². The van der Waals surface area contributed by atoms with Crippen molar-refractivity contribution in [3.05, 3.63) is 94.5 Å². The van der Waals surface area contributed by atoms with Crippen LogP contribution >= 0.6 is 0 Å².